The van der Waals surface area contributed by atoms with Crippen molar-refractivity contribution in [2.75, 3.05) is 0 Å². The lowest BCUT2D eigenvalue weighted by Crippen LogP contribution is -1.85. The third-order valence-corrected chi connectivity index (χ3v) is 2.54. The van der Waals surface area contributed by atoms with Crippen LogP contribution >= 0.6 is 0 Å². The van der Waals surface area contributed by atoms with E-state index in [9.17, 15) is 9.18 Å². The molecule has 78 valence electrons. The number of aldehydes is 1. The Morgan fingerprint density at radius 3 is 3.00 bits per heavy atom. The fraction of sp³-hybridized carbons (Fsp3) is 0. The van der Waals surface area contributed by atoms with Crippen LogP contribution in [0.1, 0.15) is 10.5 Å². The molecule has 0 unspecified atom stereocenters. The Morgan fingerprint density at radius 1 is 1.31 bits per heavy atom. The molecule has 0 N–H and O–H groups in total. The number of carbonyl (C=O) groups excluding carboxylic acids is 1. The Morgan fingerprint density at radius 2 is 2.19 bits per heavy atom. The summed E-state index contributed by atoms with van der Waals surface area (Å²) in [5.41, 5.74) is 1.04. The van der Waals surface area contributed by atoms with Crippen LogP contribution in [-0.4, -0.2) is 15.7 Å². The summed E-state index contributed by atoms with van der Waals surface area (Å²) >= 11 is 0. The largest absolute Gasteiger partial charge is 0.306 e. The number of pyridine rings is 1. The van der Waals surface area contributed by atoms with Gasteiger partial charge >= 0.3 is 0 Å². The van der Waals surface area contributed by atoms with E-state index in [1.165, 1.54) is 12.1 Å². The molecule has 0 aliphatic rings. The molecule has 3 aromatic rings. The molecule has 3 nitrogen and oxygen atoms in total. The van der Waals surface area contributed by atoms with Crippen LogP contribution in [0.2, 0.25) is 0 Å². The molecule has 0 saturated carbocycles. The highest BCUT2D eigenvalue weighted by Crippen LogP contribution is 2.20. The van der Waals surface area contributed by atoms with Gasteiger partial charge in [0.25, 0.3) is 0 Å². The molecule has 0 aliphatic heterocycles. The molecular weight excluding hydrogens is 207 g/mol. The van der Waals surface area contributed by atoms with Crippen molar-refractivity contribution in [1.82, 2.24) is 9.38 Å². The number of imidazole rings is 1. The molecule has 3 rings (SSSR count). The van der Waals surface area contributed by atoms with Crippen molar-refractivity contribution in [3.63, 3.8) is 0 Å². The molecule has 4 heteroatoms. The second-order valence-electron chi connectivity index (χ2n) is 3.56. The van der Waals surface area contributed by atoms with E-state index in [0.717, 1.165) is 10.8 Å². The lowest BCUT2D eigenvalue weighted by Gasteiger charge is -1.99. The summed E-state index contributed by atoms with van der Waals surface area (Å²) < 4.78 is 14.8. The van der Waals surface area contributed by atoms with Gasteiger partial charge in [0, 0.05) is 17.8 Å². The van der Waals surface area contributed by atoms with Gasteiger partial charge in [-0.3, -0.25) is 4.79 Å². The van der Waals surface area contributed by atoms with Crippen LogP contribution in [0.4, 0.5) is 4.39 Å². The van der Waals surface area contributed by atoms with Crippen molar-refractivity contribution in [3.8, 4) is 0 Å². The van der Waals surface area contributed by atoms with Gasteiger partial charge in [0.1, 0.15) is 17.2 Å². The van der Waals surface area contributed by atoms with Gasteiger partial charge in [0.2, 0.25) is 0 Å². The molecule has 0 atom stereocenters. The van der Waals surface area contributed by atoms with Gasteiger partial charge in [0.05, 0.1) is 0 Å². The maximum absolute atomic E-state index is 13.0. The monoisotopic (exact) mass is 214 g/mol. The maximum atomic E-state index is 13.0. The molecule has 0 aliphatic carbocycles. The zero-order chi connectivity index (χ0) is 11.1. The average molecular weight is 214 g/mol. The first kappa shape index (κ1) is 9.03. The first-order valence-electron chi connectivity index (χ1n) is 4.80. The number of halogens is 1. The summed E-state index contributed by atoms with van der Waals surface area (Å²) in [6.07, 6.45) is 4.10. The van der Waals surface area contributed by atoms with E-state index in [-0.39, 0.29) is 5.82 Å². The molecule has 0 spiro atoms. The normalized spacial score (nSPS) is 11.1. The second-order valence-corrected chi connectivity index (χ2v) is 3.56. The SMILES string of the molecule is O=Cc1cn2ccc3cc(F)ccc3c2n1. The van der Waals surface area contributed by atoms with E-state index in [1.54, 1.807) is 28.9 Å². The van der Waals surface area contributed by atoms with Crippen LogP contribution in [-0.2, 0) is 0 Å². The van der Waals surface area contributed by atoms with Gasteiger partial charge < -0.3 is 4.40 Å². The molecule has 0 saturated heterocycles. The quantitative estimate of drug-likeness (QED) is 0.583. The van der Waals surface area contributed by atoms with Crippen LogP contribution in [0.15, 0.2) is 36.7 Å². The van der Waals surface area contributed by atoms with Crippen LogP contribution in [0, 0.1) is 5.82 Å². The lowest BCUT2D eigenvalue weighted by atomic mass is 10.2. The third-order valence-electron chi connectivity index (χ3n) is 2.54. The second kappa shape index (κ2) is 3.13. The summed E-state index contributed by atoms with van der Waals surface area (Å²) in [6.45, 7) is 0. The minimum atomic E-state index is -0.279. The fourth-order valence-electron chi connectivity index (χ4n) is 1.82. The Balaban J connectivity index is 2.48. The van der Waals surface area contributed by atoms with E-state index < -0.39 is 0 Å². The van der Waals surface area contributed by atoms with Gasteiger partial charge in [-0.1, -0.05) is 0 Å². The smallest absolute Gasteiger partial charge is 0.170 e. The van der Waals surface area contributed by atoms with E-state index in [0.29, 0.717) is 17.6 Å². The van der Waals surface area contributed by atoms with E-state index in [1.807, 2.05) is 0 Å². The summed E-state index contributed by atoms with van der Waals surface area (Å²) in [5, 5.41) is 1.60. The highest BCUT2D eigenvalue weighted by atomic mass is 19.1. The molecule has 0 bridgehead atoms. The predicted octanol–water partition coefficient (Wildman–Crippen LogP) is 2.44. The van der Waals surface area contributed by atoms with Gasteiger partial charge in [-0.25, -0.2) is 9.37 Å². The molecule has 2 heterocycles. The number of nitrogens with zero attached hydrogens (tertiary/aromatic N) is 2. The van der Waals surface area contributed by atoms with Gasteiger partial charge in [0.15, 0.2) is 6.29 Å². The number of fused-ring (bicyclic) bond motifs is 3. The highest BCUT2D eigenvalue weighted by Gasteiger charge is 2.05. The zero-order valence-electron chi connectivity index (χ0n) is 8.22. The summed E-state index contributed by atoms with van der Waals surface area (Å²) in [5.74, 6) is -0.279. The average Bonchev–Trinajstić information content (AvgIpc) is 2.71. The minimum absolute atomic E-state index is 0.279. The number of aromatic nitrogens is 2. The molecule has 0 fully saturated rings. The van der Waals surface area contributed by atoms with Crippen LogP contribution in [0.25, 0.3) is 16.4 Å². The van der Waals surface area contributed by atoms with Crippen molar-refractivity contribution < 1.29 is 9.18 Å². The predicted molar refractivity (Wildman–Crippen MR) is 58.0 cm³/mol. The van der Waals surface area contributed by atoms with Crippen LogP contribution in [0.3, 0.4) is 0 Å². The Bertz CT molecular complexity index is 703. The number of carbonyl (C=O) groups is 1. The number of benzene rings is 1. The van der Waals surface area contributed by atoms with Crippen molar-refractivity contribution in [3.05, 3.63) is 48.2 Å². The zero-order valence-corrected chi connectivity index (χ0v) is 8.22. The molecule has 2 aromatic heterocycles. The molecule has 1 aromatic carbocycles. The Hall–Kier alpha value is -2.23. The Kier molecular flexibility index (Phi) is 1.77. The molecular formula is C12H7FN2O. The number of rotatable bonds is 1. The van der Waals surface area contributed by atoms with Crippen LogP contribution < -0.4 is 0 Å². The standard InChI is InChI=1S/C12H7FN2O/c13-9-1-2-11-8(5-9)3-4-15-6-10(7-16)14-12(11)15/h1-7H. The van der Waals surface area contributed by atoms with Crippen molar-refractivity contribution in [2.24, 2.45) is 0 Å². The van der Waals surface area contributed by atoms with Crippen molar-refractivity contribution in [1.29, 1.82) is 0 Å². The first-order valence-corrected chi connectivity index (χ1v) is 4.80. The topological polar surface area (TPSA) is 34.4 Å². The van der Waals surface area contributed by atoms with E-state index in [4.69, 9.17) is 0 Å². The van der Waals surface area contributed by atoms with Gasteiger partial charge in [-0.2, -0.15) is 0 Å². The van der Waals surface area contributed by atoms with Gasteiger partial charge in [-0.05, 0) is 29.7 Å². The highest BCUT2D eigenvalue weighted by molar-refractivity contribution is 5.94. The summed E-state index contributed by atoms with van der Waals surface area (Å²) in [7, 11) is 0. The third kappa shape index (κ3) is 1.20. The molecule has 0 amide bonds. The van der Waals surface area contributed by atoms with Crippen LogP contribution in [0.5, 0.6) is 0 Å². The Labute approximate surface area is 90.1 Å². The first-order chi connectivity index (χ1) is 7.78. The summed E-state index contributed by atoms with van der Waals surface area (Å²) in [4.78, 5) is 14.8. The van der Waals surface area contributed by atoms with E-state index in [2.05, 4.69) is 4.98 Å². The fourth-order valence-corrected chi connectivity index (χ4v) is 1.82. The number of hydrogen-bond donors (Lipinski definition) is 0. The van der Waals surface area contributed by atoms with Gasteiger partial charge in [-0.15, -0.1) is 0 Å². The summed E-state index contributed by atoms with van der Waals surface area (Å²) in [6, 6.07) is 6.30. The lowest BCUT2D eigenvalue weighted by molar-refractivity contribution is 0.111. The van der Waals surface area contributed by atoms with Crippen molar-refractivity contribution >= 4 is 22.7 Å². The van der Waals surface area contributed by atoms with E-state index >= 15 is 0 Å². The molecule has 16 heavy (non-hydrogen) atoms. The maximum Gasteiger partial charge on any atom is 0.170 e. The minimum Gasteiger partial charge on any atom is -0.306 e. The molecule has 0 radical (unpaired) electrons. The number of hydrogen-bond acceptors (Lipinski definition) is 2. The van der Waals surface area contributed by atoms with Crippen molar-refractivity contribution in [2.45, 2.75) is 0 Å².